The van der Waals surface area contributed by atoms with Gasteiger partial charge in [0, 0.05) is 13.1 Å². The van der Waals surface area contributed by atoms with Crippen LogP contribution in [0.4, 0.5) is 4.39 Å². The summed E-state index contributed by atoms with van der Waals surface area (Å²) in [6.07, 6.45) is 10.1. The summed E-state index contributed by atoms with van der Waals surface area (Å²) in [7, 11) is 0. The molecule has 1 saturated heterocycles. The maximum absolute atomic E-state index is 13.0. The summed E-state index contributed by atoms with van der Waals surface area (Å²) in [5.74, 6) is 0.413. The third-order valence-electron chi connectivity index (χ3n) is 4.53. The molecule has 0 spiro atoms. The second-order valence-electron chi connectivity index (χ2n) is 6.36. The lowest BCUT2D eigenvalue weighted by Crippen LogP contribution is -2.35. The summed E-state index contributed by atoms with van der Waals surface area (Å²) < 4.78 is 13.0. The summed E-state index contributed by atoms with van der Waals surface area (Å²) in [5.41, 5.74) is 2.76. The highest BCUT2D eigenvalue weighted by Gasteiger charge is 2.20. The molecule has 0 amide bonds. The Labute approximate surface area is 134 Å². The second-order valence-corrected chi connectivity index (χ2v) is 6.36. The van der Waals surface area contributed by atoms with Gasteiger partial charge in [-0.15, -0.1) is 6.58 Å². The normalized spacial score (nSPS) is 20.1. The van der Waals surface area contributed by atoms with Crippen LogP contribution < -0.4 is 0 Å². The third-order valence-corrected chi connectivity index (χ3v) is 4.53. The Kier molecular flexibility index (Phi) is 6.85. The number of rotatable bonds is 7. The quantitative estimate of drug-likeness (QED) is 0.487. The van der Waals surface area contributed by atoms with Crippen molar-refractivity contribution < 1.29 is 4.39 Å². The fraction of sp³-hybridized carbons (Fsp3) is 0.500. The Hall–Kier alpha value is -1.41. The number of piperidine rings is 1. The molecule has 1 aliphatic heterocycles. The van der Waals surface area contributed by atoms with E-state index in [0.717, 1.165) is 32.4 Å². The number of hydrogen-bond donors (Lipinski definition) is 0. The van der Waals surface area contributed by atoms with E-state index in [1.54, 1.807) is 12.1 Å². The van der Waals surface area contributed by atoms with Gasteiger partial charge < -0.3 is 4.90 Å². The van der Waals surface area contributed by atoms with E-state index in [9.17, 15) is 4.39 Å². The van der Waals surface area contributed by atoms with Gasteiger partial charge in [-0.3, -0.25) is 0 Å². The van der Waals surface area contributed by atoms with E-state index < -0.39 is 0 Å². The average molecular weight is 301 g/mol. The number of nitrogens with zero attached hydrogens (tertiary/aromatic N) is 1. The summed E-state index contributed by atoms with van der Waals surface area (Å²) >= 11 is 0. The van der Waals surface area contributed by atoms with Crippen molar-refractivity contribution in [2.24, 2.45) is 0 Å². The lowest BCUT2D eigenvalue weighted by atomic mass is 9.90. The summed E-state index contributed by atoms with van der Waals surface area (Å²) in [6, 6.07) is 7.06. The van der Waals surface area contributed by atoms with Crippen molar-refractivity contribution in [2.75, 3.05) is 19.6 Å². The molecule has 2 heteroatoms. The van der Waals surface area contributed by atoms with E-state index in [4.69, 9.17) is 0 Å². The van der Waals surface area contributed by atoms with Crippen LogP contribution in [-0.4, -0.2) is 24.5 Å². The average Bonchev–Trinajstić information content (AvgIpc) is 2.54. The molecular formula is C20H28FN. The highest BCUT2D eigenvalue weighted by molar-refractivity contribution is 5.21. The molecule has 1 heterocycles. The minimum Gasteiger partial charge on any atom is -0.302 e. The molecule has 2 rings (SSSR count). The number of hydrogen-bond acceptors (Lipinski definition) is 1. The lowest BCUT2D eigenvalue weighted by molar-refractivity contribution is 0.210. The van der Waals surface area contributed by atoms with Gasteiger partial charge in [0.2, 0.25) is 0 Å². The molecule has 0 N–H and O–H groups in total. The molecule has 1 fully saturated rings. The van der Waals surface area contributed by atoms with Gasteiger partial charge in [-0.1, -0.05) is 29.9 Å². The number of allylic oxidation sites excluding steroid dienone is 2. The van der Waals surface area contributed by atoms with Crippen molar-refractivity contribution >= 4 is 0 Å². The van der Waals surface area contributed by atoms with Crippen molar-refractivity contribution in [3.05, 3.63) is 60.0 Å². The summed E-state index contributed by atoms with van der Waals surface area (Å²) in [5, 5.41) is 0. The van der Waals surface area contributed by atoms with Crippen LogP contribution >= 0.6 is 0 Å². The van der Waals surface area contributed by atoms with E-state index in [1.807, 2.05) is 18.2 Å². The predicted molar refractivity (Wildman–Crippen MR) is 92.6 cm³/mol. The Bertz CT molecular complexity index is 489. The molecule has 0 aromatic heterocycles. The minimum atomic E-state index is -0.142. The molecule has 1 aliphatic rings. The van der Waals surface area contributed by atoms with Crippen LogP contribution in [0.15, 0.2) is 48.6 Å². The van der Waals surface area contributed by atoms with E-state index >= 15 is 0 Å². The molecule has 0 saturated carbocycles. The number of unbranched alkanes of at least 4 members (excludes halogenated alkanes) is 1. The highest BCUT2D eigenvalue weighted by atomic mass is 19.1. The molecular weight excluding hydrogens is 273 g/mol. The van der Waals surface area contributed by atoms with Gasteiger partial charge in [-0.2, -0.15) is 0 Å². The maximum atomic E-state index is 13.0. The smallest absolute Gasteiger partial charge is 0.123 e. The molecule has 1 aromatic carbocycles. The summed E-state index contributed by atoms with van der Waals surface area (Å²) in [4.78, 5) is 2.56. The fourth-order valence-electron chi connectivity index (χ4n) is 3.15. The van der Waals surface area contributed by atoms with E-state index in [-0.39, 0.29) is 5.82 Å². The topological polar surface area (TPSA) is 3.24 Å². The number of halogens is 1. The fourth-order valence-corrected chi connectivity index (χ4v) is 3.15. The first-order valence-corrected chi connectivity index (χ1v) is 8.43. The van der Waals surface area contributed by atoms with Gasteiger partial charge in [0.15, 0.2) is 0 Å². The van der Waals surface area contributed by atoms with Crippen molar-refractivity contribution in [2.45, 2.75) is 44.9 Å². The number of likely N-dealkylation sites (tertiary alicyclic amines) is 1. The monoisotopic (exact) mass is 301 g/mol. The zero-order chi connectivity index (χ0) is 15.8. The second kappa shape index (κ2) is 8.89. The maximum Gasteiger partial charge on any atom is 0.123 e. The molecule has 1 aromatic rings. The largest absolute Gasteiger partial charge is 0.302 e. The molecule has 1 atom stereocenters. The first kappa shape index (κ1) is 17.0. The van der Waals surface area contributed by atoms with Gasteiger partial charge in [-0.05, 0) is 69.2 Å². The van der Waals surface area contributed by atoms with Crippen molar-refractivity contribution in [1.29, 1.82) is 0 Å². The minimum absolute atomic E-state index is 0.142. The van der Waals surface area contributed by atoms with Crippen molar-refractivity contribution in [3.63, 3.8) is 0 Å². The zero-order valence-electron chi connectivity index (χ0n) is 13.7. The highest BCUT2D eigenvalue weighted by Crippen LogP contribution is 2.27. The van der Waals surface area contributed by atoms with Crippen molar-refractivity contribution in [1.82, 2.24) is 4.90 Å². The Balaban J connectivity index is 1.81. The molecule has 1 nitrogen and oxygen atoms in total. The Morgan fingerprint density at radius 1 is 1.32 bits per heavy atom. The van der Waals surface area contributed by atoms with Crippen LogP contribution in [0, 0.1) is 5.82 Å². The molecule has 0 aliphatic carbocycles. The standard InChI is InChI=1S/C20H28FN/c1-3-4-5-7-17(2)13-15-22-14-6-8-19(16-22)18-9-11-20(21)12-10-18/h3,7,9-12,19H,1,4-6,8,13-16H2,2H3/b17-7+. The van der Waals surface area contributed by atoms with E-state index in [2.05, 4.69) is 24.5 Å². The predicted octanol–water partition coefficient (Wildman–Crippen LogP) is 5.31. The third kappa shape index (κ3) is 5.42. The first-order chi connectivity index (χ1) is 10.7. The number of benzene rings is 1. The van der Waals surface area contributed by atoms with Crippen LogP contribution in [0.2, 0.25) is 0 Å². The molecule has 0 radical (unpaired) electrons. The van der Waals surface area contributed by atoms with Gasteiger partial charge in [0.1, 0.15) is 5.82 Å². The van der Waals surface area contributed by atoms with Crippen LogP contribution in [0.3, 0.4) is 0 Å². The molecule has 120 valence electrons. The molecule has 0 bridgehead atoms. The van der Waals surface area contributed by atoms with Crippen molar-refractivity contribution in [3.8, 4) is 0 Å². The molecule has 22 heavy (non-hydrogen) atoms. The zero-order valence-corrected chi connectivity index (χ0v) is 13.7. The van der Waals surface area contributed by atoms with Crippen LogP contribution in [-0.2, 0) is 0 Å². The van der Waals surface area contributed by atoms with Crippen LogP contribution in [0.1, 0.15) is 50.5 Å². The van der Waals surface area contributed by atoms with Gasteiger partial charge in [0.25, 0.3) is 0 Å². The van der Waals surface area contributed by atoms with Gasteiger partial charge >= 0.3 is 0 Å². The van der Waals surface area contributed by atoms with Gasteiger partial charge in [0.05, 0.1) is 0 Å². The SMILES string of the molecule is C=CCC/C=C(\C)CCN1CCCC(c2ccc(F)cc2)C1. The summed E-state index contributed by atoms with van der Waals surface area (Å²) in [6.45, 7) is 9.41. The van der Waals surface area contributed by atoms with Crippen LogP contribution in [0.25, 0.3) is 0 Å². The van der Waals surface area contributed by atoms with Gasteiger partial charge in [-0.25, -0.2) is 4.39 Å². The van der Waals surface area contributed by atoms with Crippen LogP contribution in [0.5, 0.6) is 0 Å². The lowest BCUT2D eigenvalue weighted by Gasteiger charge is -2.33. The Morgan fingerprint density at radius 3 is 2.82 bits per heavy atom. The Morgan fingerprint density at radius 2 is 2.09 bits per heavy atom. The van der Waals surface area contributed by atoms with E-state index in [0.29, 0.717) is 5.92 Å². The molecule has 1 unspecified atom stereocenters. The van der Waals surface area contributed by atoms with E-state index in [1.165, 1.54) is 30.5 Å². The first-order valence-electron chi connectivity index (χ1n) is 8.43.